The molecule has 1 saturated heterocycles. The van der Waals surface area contributed by atoms with E-state index >= 15 is 0 Å². The molecular formula is C15H32N4O. The molecule has 0 bridgehead atoms. The number of nitrogens with two attached hydrogens (primary N) is 2. The number of carbonyl (C=O) groups is 1. The van der Waals surface area contributed by atoms with E-state index in [1.54, 1.807) is 6.92 Å². The lowest BCUT2D eigenvalue weighted by molar-refractivity contribution is -0.122. The molecule has 118 valence electrons. The average Bonchev–Trinajstić information content (AvgIpc) is 2.43. The summed E-state index contributed by atoms with van der Waals surface area (Å²) in [5.41, 5.74) is 10.3. The highest BCUT2D eigenvalue weighted by Gasteiger charge is 2.25. The van der Waals surface area contributed by atoms with Crippen molar-refractivity contribution in [3.8, 4) is 0 Å². The van der Waals surface area contributed by atoms with Crippen molar-refractivity contribution in [2.24, 2.45) is 11.5 Å². The highest BCUT2D eigenvalue weighted by atomic mass is 16.1. The van der Waals surface area contributed by atoms with Gasteiger partial charge in [0.15, 0.2) is 0 Å². The molecule has 1 fully saturated rings. The number of piperidine rings is 1. The Morgan fingerprint density at radius 2 is 1.95 bits per heavy atom. The van der Waals surface area contributed by atoms with Gasteiger partial charge >= 0.3 is 0 Å². The number of rotatable bonds is 8. The molecule has 1 rings (SSSR count). The van der Waals surface area contributed by atoms with E-state index < -0.39 is 11.4 Å². The van der Waals surface area contributed by atoms with Gasteiger partial charge in [0.25, 0.3) is 0 Å². The highest BCUT2D eigenvalue weighted by Crippen LogP contribution is 2.16. The van der Waals surface area contributed by atoms with E-state index in [0.29, 0.717) is 12.5 Å². The molecule has 1 heterocycles. The second kappa shape index (κ2) is 7.96. The number of amides is 1. The highest BCUT2D eigenvalue weighted by molar-refractivity contribution is 5.83. The van der Waals surface area contributed by atoms with E-state index in [9.17, 15) is 4.79 Å². The van der Waals surface area contributed by atoms with Crippen molar-refractivity contribution in [1.29, 1.82) is 0 Å². The lowest BCUT2D eigenvalue weighted by Crippen LogP contribution is -2.49. The molecule has 1 amide bonds. The van der Waals surface area contributed by atoms with Crippen molar-refractivity contribution in [3.05, 3.63) is 0 Å². The summed E-state index contributed by atoms with van der Waals surface area (Å²) in [6.07, 6.45) is 5.23. The number of nitrogens with zero attached hydrogens (tertiary/aromatic N) is 2. The minimum atomic E-state index is -0.856. The standard InChI is InChI=1S/C15H32N4O/c1-4-19-11-7-13(8-12-19)18(3)10-6-5-9-15(2,17)14(16)20/h13H,4-12,17H2,1-3H3,(H2,16,20). The van der Waals surface area contributed by atoms with Crippen molar-refractivity contribution in [2.75, 3.05) is 33.2 Å². The maximum Gasteiger partial charge on any atom is 0.237 e. The van der Waals surface area contributed by atoms with Crippen molar-refractivity contribution in [1.82, 2.24) is 9.80 Å². The predicted molar refractivity (Wildman–Crippen MR) is 83.4 cm³/mol. The molecule has 1 atom stereocenters. The summed E-state index contributed by atoms with van der Waals surface area (Å²) in [6.45, 7) is 8.62. The van der Waals surface area contributed by atoms with E-state index in [-0.39, 0.29) is 0 Å². The molecule has 5 nitrogen and oxygen atoms in total. The van der Waals surface area contributed by atoms with Gasteiger partial charge < -0.3 is 21.3 Å². The van der Waals surface area contributed by atoms with Crippen molar-refractivity contribution in [2.45, 2.75) is 57.5 Å². The zero-order valence-corrected chi connectivity index (χ0v) is 13.4. The molecule has 0 saturated carbocycles. The molecule has 4 N–H and O–H groups in total. The molecule has 0 aromatic carbocycles. The lowest BCUT2D eigenvalue weighted by Gasteiger charge is -2.36. The first-order valence-corrected chi connectivity index (χ1v) is 7.88. The Kier molecular flexibility index (Phi) is 6.92. The zero-order chi connectivity index (χ0) is 15.2. The number of unbranched alkanes of at least 4 members (excludes halogenated alkanes) is 1. The Bertz CT molecular complexity index is 298. The summed E-state index contributed by atoms with van der Waals surface area (Å²) in [5.74, 6) is -0.405. The van der Waals surface area contributed by atoms with Gasteiger partial charge in [-0.05, 0) is 72.3 Å². The molecule has 20 heavy (non-hydrogen) atoms. The van der Waals surface area contributed by atoms with E-state index in [0.717, 1.165) is 19.4 Å². The largest absolute Gasteiger partial charge is 0.368 e. The first kappa shape index (κ1) is 17.4. The summed E-state index contributed by atoms with van der Waals surface area (Å²) in [7, 11) is 2.21. The minimum Gasteiger partial charge on any atom is -0.368 e. The number of likely N-dealkylation sites (tertiary alicyclic amines) is 1. The Hall–Kier alpha value is -0.650. The Labute approximate surface area is 123 Å². The van der Waals surface area contributed by atoms with Gasteiger partial charge in [-0.15, -0.1) is 0 Å². The Balaban J connectivity index is 2.18. The summed E-state index contributed by atoms with van der Waals surface area (Å²) < 4.78 is 0. The fourth-order valence-electron chi connectivity index (χ4n) is 2.84. The van der Waals surface area contributed by atoms with Gasteiger partial charge in [0.2, 0.25) is 5.91 Å². The molecular weight excluding hydrogens is 252 g/mol. The van der Waals surface area contributed by atoms with Crippen LogP contribution in [0.2, 0.25) is 0 Å². The van der Waals surface area contributed by atoms with Gasteiger partial charge in [0, 0.05) is 6.04 Å². The molecule has 0 radical (unpaired) electrons. The maximum atomic E-state index is 11.1. The zero-order valence-electron chi connectivity index (χ0n) is 13.4. The summed E-state index contributed by atoms with van der Waals surface area (Å²) >= 11 is 0. The number of hydrogen-bond acceptors (Lipinski definition) is 4. The molecule has 0 aliphatic carbocycles. The predicted octanol–water partition coefficient (Wildman–Crippen LogP) is 0.776. The van der Waals surface area contributed by atoms with Gasteiger partial charge in [-0.1, -0.05) is 6.92 Å². The lowest BCUT2D eigenvalue weighted by atomic mass is 9.95. The minimum absolute atomic E-state index is 0.405. The van der Waals surface area contributed by atoms with Crippen molar-refractivity contribution < 1.29 is 4.79 Å². The summed E-state index contributed by atoms with van der Waals surface area (Å²) in [6, 6.07) is 0.707. The third-order valence-electron chi connectivity index (χ3n) is 4.65. The third-order valence-corrected chi connectivity index (χ3v) is 4.65. The van der Waals surface area contributed by atoms with Gasteiger partial charge in [0.1, 0.15) is 0 Å². The molecule has 0 aromatic rings. The Morgan fingerprint density at radius 1 is 1.35 bits per heavy atom. The van der Waals surface area contributed by atoms with Crippen molar-refractivity contribution >= 4 is 5.91 Å². The number of hydrogen-bond donors (Lipinski definition) is 2. The van der Waals surface area contributed by atoms with Crippen LogP contribution in [-0.2, 0) is 4.79 Å². The van der Waals surface area contributed by atoms with Crippen LogP contribution in [0.5, 0.6) is 0 Å². The van der Waals surface area contributed by atoms with Crippen LogP contribution in [0.15, 0.2) is 0 Å². The van der Waals surface area contributed by atoms with E-state index in [4.69, 9.17) is 11.5 Å². The number of carbonyl (C=O) groups excluding carboxylic acids is 1. The van der Waals surface area contributed by atoms with Crippen LogP contribution in [0.4, 0.5) is 0 Å². The fraction of sp³-hybridized carbons (Fsp3) is 0.933. The molecule has 0 spiro atoms. The topological polar surface area (TPSA) is 75.6 Å². The van der Waals surface area contributed by atoms with E-state index in [2.05, 4.69) is 23.8 Å². The van der Waals surface area contributed by atoms with Crippen LogP contribution in [0.3, 0.4) is 0 Å². The van der Waals surface area contributed by atoms with Crippen LogP contribution < -0.4 is 11.5 Å². The van der Waals surface area contributed by atoms with Gasteiger partial charge in [0.05, 0.1) is 5.54 Å². The second-order valence-corrected chi connectivity index (χ2v) is 6.38. The third kappa shape index (κ3) is 5.38. The molecule has 5 heteroatoms. The van der Waals surface area contributed by atoms with Crippen molar-refractivity contribution in [3.63, 3.8) is 0 Å². The Morgan fingerprint density at radius 3 is 2.45 bits per heavy atom. The summed E-state index contributed by atoms with van der Waals surface area (Å²) in [5, 5.41) is 0. The van der Waals surface area contributed by atoms with Crippen LogP contribution in [0.25, 0.3) is 0 Å². The van der Waals surface area contributed by atoms with Crippen LogP contribution >= 0.6 is 0 Å². The fourth-order valence-corrected chi connectivity index (χ4v) is 2.84. The monoisotopic (exact) mass is 284 g/mol. The van der Waals surface area contributed by atoms with Gasteiger partial charge in [-0.2, -0.15) is 0 Å². The molecule has 0 aromatic heterocycles. The van der Waals surface area contributed by atoms with E-state index in [1.807, 2.05) is 0 Å². The smallest absolute Gasteiger partial charge is 0.237 e. The average molecular weight is 284 g/mol. The van der Waals surface area contributed by atoms with Gasteiger partial charge in [-0.25, -0.2) is 0 Å². The first-order chi connectivity index (χ1) is 9.36. The second-order valence-electron chi connectivity index (χ2n) is 6.38. The normalized spacial score (nSPS) is 21.1. The van der Waals surface area contributed by atoms with Crippen LogP contribution in [0.1, 0.15) is 46.0 Å². The maximum absolute atomic E-state index is 11.1. The van der Waals surface area contributed by atoms with Crippen LogP contribution in [-0.4, -0.2) is 60.5 Å². The van der Waals surface area contributed by atoms with Gasteiger partial charge in [-0.3, -0.25) is 4.79 Å². The summed E-state index contributed by atoms with van der Waals surface area (Å²) in [4.78, 5) is 16.1. The molecule has 1 aliphatic heterocycles. The van der Waals surface area contributed by atoms with Crippen LogP contribution in [0, 0.1) is 0 Å². The van der Waals surface area contributed by atoms with E-state index in [1.165, 1.54) is 32.5 Å². The molecule has 1 unspecified atom stereocenters. The number of primary amides is 1. The SMILES string of the molecule is CCN1CCC(N(C)CCCCC(C)(N)C(N)=O)CC1. The molecule has 1 aliphatic rings. The first-order valence-electron chi connectivity index (χ1n) is 7.88. The quantitative estimate of drug-likeness (QED) is 0.646.